The highest BCUT2D eigenvalue weighted by Gasteiger charge is 2.20. The van der Waals surface area contributed by atoms with Crippen LogP contribution in [0.3, 0.4) is 0 Å². The zero-order valence-electron chi connectivity index (χ0n) is 16.3. The molecule has 1 atom stereocenters. The Bertz CT molecular complexity index is 550. The normalized spacial score (nSPS) is 12.8. The molecule has 0 bridgehead atoms. The van der Waals surface area contributed by atoms with E-state index in [1.165, 1.54) is 11.1 Å². The highest BCUT2D eigenvalue weighted by molar-refractivity contribution is 14.0. The van der Waals surface area contributed by atoms with E-state index in [9.17, 15) is 4.79 Å². The van der Waals surface area contributed by atoms with Gasteiger partial charge in [-0.15, -0.1) is 24.0 Å². The van der Waals surface area contributed by atoms with E-state index >= 15 is 0 Å². The van der Waals surface area contributed by atoms with Crippen molar-refractivity contribution in [3.63, 3.8) is 0 Å². The lowest BCUT2D eigenvalue weighted by Crippen LogP contribution is -2.44. The molecule has 1 aromatic carbocycles. The van der Waals surface area contributed by atoms with Crippen LogP contribution in [0.15, 0.2) is 29.3 Å². The van der Waals surface area contributed by atoms with Crippen LogP contribution >= 0.6 is 24.0 Å². The number of carbonyl (C=O) groups is 1. The van der Waals surface area contributed by atoms with Crippen molar-refractivity contribution in [2.24, 2.45) is 10.4 Å². The summed E-state index contributed by atoms with van der Waals surface area (Å²) >= 11 is 0. The smallest absolute Gasteiger partial charge is 0.225 e. The molecule has 0 fully saturated rings. The Labute approximate surface area is 169 Å². The number of aryl methyl sites for hydroxylation is 1. The van der Waals surface area contributed by atoms with Gasteiger partial charge in [-0.25, -0.2) is 0 Å². The predicted octanol–water partition coefficient (Wildman–Crippen LogP) is 3.04. The van der Waals surface area contributed by atoms with E-state index in [4.69, 9.17) is 0 Å². The molecule has 1 aromatic rings. The van der Waals surface area contributed by atoms with Gasteiger partial charge in [-0.05, 0) is 18.4 Å². The summed E-state index contributed by atoms with van der Waals surface area (Å²) in [5.74, 6) is 1.20. The lowest BCUT2D eigenvalue weighted by Gasteiger charge is -2.19. The highest BCUT2D eigenvalue weighted by atomic mass is 127. The summed E-state index contributed by atoms with van der Waals surface area (Å²) in [6.07, 6.45) is 0. The molecule has 0 radical (unpaired) electrons. The van der Waals surface area contributed by atoms with Crippen LogP contribution in [0.4, 0.5) is 0 Å². The van der Waals surface area contributed by atoms with Crippen LogP contribution in [0.25, 0.3) is 0 Å². The second-order valence-electron chi connectivity index (χ2n) is 7.20. The Morgan fingerprint density at radius 2 is 1.64 bits per heavy atom. The molecule has 5 nitrogen and oxygen atoms in total. The predicted molar refractivity (Wildman–Crippen MR) is 117 cm³/mol. The van der Waals surface area contributed by atoms with Gasteiger partial charge in [-0.3, -0.25) is 9.79 Å². The summed E-state index contributed by atoms with van der Waals surface area (Å²) in [5, 5.41) is 9.46. The molecule has 0 aliphatic carbocycles. The number of hydrogen-bond donors (Lipinski definition) is 3. The first-order chi connectivity index (χ1) is 11.2. The molecule has 1 amide bonds. The van der Waals surface area contributed by atoms with Crippen LogP contribution < -0.4 is 16.0 Å². The molecule has 3 N–H and O–H groups in total. The minimum atomic E-state index is -0.358. The van der Waals surface area contributed by atoms with Gasteiger partial charge in [-0.2, -0.15) is 0 Å². The van der Waals surface area contributed by atoms with Gasteiger partial charge in [0.25, 0.3) is 0 Å². The Morgan fingerprint density at radius 3 is 2.16 bits per heavy atom. The van der Waals surface area contributed by atoms with Crippen LogP contribution in [-0.4, -0.2) is 38.5 Å². The van der Waals surface area contributed by atoms with Crippen molar-refractivity contribution in [2.45, 2.75) is 40.5 Å². The number of rotatable bonds is 6. The van der Waals surface area contributed by atoms with Crippen LogP contribution in [0.1, 0.15) is 44.7 Å². The second-order valence-corrected chi connectivity index (χ2v) is 7.20. The number of hydrogen-bond acceptors (Lipinski definition) is 2. The molecule has 0 saturated heterocycles. The summed E-state index contributed by atoms with van der Waals surface area (Å²) in [6, 6.07) is 8.60. The first kappa shape index (κ1) is 23.7. The SMILES string of the molecule is CN=C(NCCNC(=O)C(C)(C)C)NCC(C)c1ccc(C)cc1.I. The summed E-state index contributed by atoms with van der Waals surface area (Å²) in [4.78, 5) is 16.0. The van der Waals surface area contributed by atoms with E-state index in [-0.39, 0.29) is 35.3 Å². The molecule has 0 heterocycles. The van der Waals surface area contributed by atoms with E-state index < -0.39 is 0 Å². The van der Waals surface area contributed by atoms with Gasteiger partial charge >= 0.3 is 0 Å². The molecule has 0 aromatic heterocycles. The fourth-order valence-corrected chi connectivity index (χ4v) is 2.11. The summed E-state index contributed by atoms with van der Waals surface area (Å²) in [7, 11) is 1.75. The molecule has 0 aliphatic rings. The standard InChI is InChI=1S/C19H32N4O.HI/c1-14-7-9-16(10-8-14)15(2)13-23-18(20-6)22-12-11-21-17(24)19(3,4)5;/h7-10,15H,11-13H2,1-6H3,(H,21,24)(H2,20,22,23);1H. The van der Waals surface area contributed by atoms with E-state index in [0.717, 1.165) is 12.5 Å². The average molecular weight is 460 g/mol. The lowest BCUT2D eigenvalue weighted by atomic mass is 9.96. The van der Waals surface area contributed by atoms with Gasteiger partial charge in [-0.1, -0.05) is 57.5 Å². The number of nitrogens with one attached hydrogen (secondary N) is 3. The third-order valence-electron chi connectivity index (χ3n) is 3.83. The monoisotopic (exact) mass is 460 g/mol. The zero-order chi connectivity index (χ0) is 18.2. The Balaban J connectivity index is 0.00000576. The zero-order valence-corrected chi connectivity index (χ0v) is 18.6. The first-order valence-corrected chi connectivity index (χ1v) is 8.53. The van der Waals surface area contributed by atoms with Crippen molar-refractivity contribution in [2.75, 3.05) is 26.7 Å². The number of amides is 1. The minimum Gasteiger partial charge on any atom is -0.356 e. The maximum absolute atomic E-state index is 11.8. The highest BCUT2D eigenvalue weighted by Crippen LogP contribution is 2.14. The maximum Gasteiger partial charge on any atom is 0.225 e. The van der Waals surface area contributed by atoms with Gasteiger partial charge in [0.1, 0.15) is 0 Å². The van der Waals surface area contributed by atoms with Gasteiger partial charge in [0.05, 0.1) is 0 Å². The Hall–Kier alpha value is -1.31. The molecule has 1 unspecified atom stereocenters. The molecular formula is C19H33IN4O. The van der Waals surface area contributed by atoms with Crippen molar-refractivity contribution < 1.29 is 4.79 Å². The molecule has 0 aliphatic heterocycles. The van der Waals surface area contributed by atoms with Gasteiger partial charge in [0.2, 0.25) is 5.91 Å². The molecule has 0 saturated carbocycles. The lowest BCUT2D eigenvalue weighted by molar-refractivity contribution is -0.128. The largest absolute Gasteiger partial charge is 0.356 e. The molecule has 0 spiro atoms. The van der Waals surface area contributed by atoms with Crippen molar-refractivity contribution >= 4 is 35.8 Å². The topological polar surface area (TPSA) is 65.5 Å². The maximum atomic E-state index is 11.8. The van der Waals surface area contributed by atoms with Crippen LogP contribution in [0, 0.1) is 12.3 Å². The quantitative estimate of drug-likeness (QED) is 0.265. The van der Waals surface area contributed by atoms with Crippen LogP contribution in [0.2, 0.25) is 0 Å². The van der Waals surface area contributed by atoms with Gasteiger partial charge in [0, 0.05) is 32.1 Å². The van der Waals surface area contributed by atoms with Crippen molar-refractivity contribution in [1.82, 2.24) is 16.0 Å². The van der Waals surface area contributed by atoms with Gasteiger partial charge < -0.3 is 16.0 Å². The number of halogens is 1. The minimum absolute atomic E-state index is 0. The van der Waals surface area contributed by atoms with Crippen molar-refractivity contribution in [3.05, 3.63) is 35.4 Å². The number of benzene rings is 1. The van der Waals surface area contributed by atoms with Crippen LogP contribution in [-0.2, 0) is 4.79 Å². The first-order valence-electron chi connectivity index (χ1n) is 8.53. The molecule has 25 heavy (non-hydrogen) atoms. The molecule has 6 heteroatoms. The third-order valence-corrected chi connectivity index (χ3v) is 3.83. The Morgan fingerprint density at radius 1 is 1.08 bits per heavy atom. The van der Waals surface area contributed by atoms with E-state index in [2.05, 4.69) is 59.1 Å². The summed E-state index contributed by atoms with van der Waals surface area (Å²) in [6.45, 7) is 12.0. The summed E-state index contributed by atoms with van der Waals surface area (Å²) in [5.41, 5.74) is 2.22. The second kappa shape index (κ2) is 11.3. The number of aliphatic imine (C=N–C) groups is 1. The number of carbonyl (C=O) groups excluding carboxylic acids is 1. The summed E-state index contributed by atoms with van der Waals surface area (Å²) < 4.78 is 0. The van der Waals surface area contributed by atoms with E-state index in [0.29, 0.717) is 19.0 Å². The Kier molecular flexibility index (Phi) is 10.7. The molecule has 142 valence electrons. The van der Waals surface area contributed by atoms with Crippen molar-refractivity contribution in [1.29, 1.82) is 0 Å². The fraction of sp³-hybridized carbons (Fsp3) is 0.579. The van der Waals surface area contributed by atoms with Crippen LogP contribution in [0.5, 0.6) is 0 Å². The molecular weight excluding hydrogens is 427 g/mol. The van der Waals surface area contributed by atoms with Gasteiger partial charge in [0.15, 0.2) is 5.96 Å². The third kappa shape index (κ3) is 9.09. The number of guanidine groups is 1. The van der Waals surface area contributed by atoms with E-state index in [1.807, 2.05) is 20.8 Å². The van der Waals surface area contributed by atoms with E-state index in [1.54, 1.807) is 7.05 Å². The van der Waals surface area contributed by atoms with Crippen molar-refractivity contribution in [3.8, 4) is 0 Å². The number of nitrogens with zero attached hydrogens (tertiary/aromatic N) is 1. The average Bonchev–Trinajstić information content (AvgIpc) is 2.53. The fourth-order valence-electron chi connectivity index (χ4n) is 2.11. The molecule has 1 rings (SSSR count).